The van der Waals surface area contributed by atoms with Crippen molar-refractivity contribution in [1.82, 2.24) is 15.5 Å². The highest BCUT2D eigenvalue weighted by Gasteiger charge is 2.17. The van der Waals surface area contributed by atoms with Crippen LogP contribution in [0.3, 0.4) is 0 Å². The third-order valence-electron chi connectivity index (χ3n) is 3.59. The van der Waals surface area contributed by atoms with Crippen LogP contribution in [-0.4, -0.2) is 16.1 Å². The van der Waals surface area contributed by atoms with E-state index in [4.69, 9.17) is 0 Å². The Morgan fingerprint density at radius 3 is 2.36 bits per heavy atom. The van der Waals surface area contributed by atoms with Gasteiger partial charge in [0.1, 0.15) is 0 Å². The van der Waals surface area contributed by atoms with Crippen molar-refractivity contribution in [3.63, 3.8) is 0 Å². The molecule has 0 saturated heterocycles. The van der Waals surface area contributed by atoms with Crippen LogP contribution < -0.4 is 5.32 Å². The molecular formula is C18H17N3O. The zero-order valence-electron chi connectivity index (χ0n) is 12.3. The molecule has 1 amide bonds. The van der Waals surface area contributed by atoms with E-state index >= 15 is 0 Å². The normalized spacial score (nSPS) is 11.9. The van der Waals surface area contributed by atoms with Crippen molar-refractivity contribution in [3.8, 4) is 11.3 Å². The van der Waals surface area contributed by atoms with Crippen LogP contribution >= 0.6 is 0 Å². The molecule has 110 valence electrons. The second kappa shape index (κ2) is 6.26. The molecule has 0 radical (unpaired) electrons. The fourth-order valence-corrected chi connectivity index (χ4v) is 2.38. The quantitative estimate of drug-likeness (QED) is 0.772. The number of aromatic nitrogens is 2. The van der Waals surface area contributed by atoms with Gasteiger partial charge in [-0.1, -0.05) is 60.7 Å². The summed E-state index contributed by atoms with van der Waals surface area (Å²) in [6.07, 6.45) is 1.56. The summed E-state index contributed by atoms with van der Waals surface area (Å²) in [4.78, 5) is 12.5. The first-order valence-electron chi connectivity index (χ1n) is 7.20. The average molecular weight is 291 g/mol. The molecule has 0 aliphatic carbocycles. The maximum absolute atomic E-state index is 12.5. The third kappa shape index (κ3) is 2.91. The lowest BCUT2D eigenvalue weighted by Crippen LogP contribution is -2.26. The van der Waals surface area contributed by atoms with Crippen LogP contribution in [-0.2, 0) is 0 Å². The van der Waals surface area contributed by atoms with E-state index in [9.17, 15) is 4.79 Å². The lowest BCUT2D eigenvalue weighted by atomic mass is 10.1. The monoisotopic (exact) mass is 291 g/mol. The van der Waals surface area contributed by atoms with Crippen LogP contribution in [0.4, 0.5) is 0 Å². The fraction of sp³-hybridized carbons (Fsp3) is 0.111. The van der Waals surface area contributed by atoms with E-state index in [1.54, 1.807) is 6.20 Å². The van der Waals surface area contributed by atoms with E-state index in [0.717, 1.165) is 16.8 Å². The molecule has 1 atom stereocenters. The Labute approximate surface area is 129 Å². The minimum absolute atomic E-state index is 0.0628. The summed E-state index contributed by atoms with van der Waals surface area (Å²) >= 11 is 0. The van der Waals surface area contributed by atoms with Gasteiger partial charge in [-0.2, -0.15) is 5.10 Å². The second-order valence-electron chi connectivity index (χ2n) is 5.13. The van der Waals surface area contributed by atoms with E-state index in [-0.39, 0.29) is 11.9 Å². The van der Waals surface area contributed by atoms with E-state index in [2.05, 4.69) is 15.5 Å². The Hall–Kier alpha value is -2.88. The number of benzene rings is 2. The summed E-state index contributed by atoms with van der Waals surface area (Å²) in [5, 5.41) is 9.93. The molecular weight excluding hydrogens is 274 g/mol. The highest BCUT2D eigenvalue weighted by Crippen LogP contribution is 2.21. The predicted octanol–water partition coefficient (Wildman–Crippen LogP) is 3.57. The Kier molecular flexibility index (Phi) is 4.01. The van der Waals surface area contributed by atoms with Gasteiger partial charge in [0.25, 0.3) is 5.91 Å². The molecule has 0 saturated carbocycles. The number of hydrogen-bond acceptors (Lipinski definition) is 2. The molecule has 3 rings (SSSR count). The number of nitrogens with zero attached hydrogens (tertiary/aromatic N) is 1. The van der Waals surface area contributed by atoms with Gasteiger partial charge < -0.3 is 5.32 Å². The number of aromatic amines is 1. The van der Waals surface area contributed by atoms with Crippen molar-refractivity contribution in [2.45, 2.75) is 13.0 Å². The predicted molar refractivity (Wildman–Crippen MR) is 86.3 cm³/mol. The number of carbonyl (C=O) groups is 1. The minimum Gasteiger partial charge on any atom is -0.345 e. The van der Waals surface area contributed by atoms with Crippen LogP contribution in [0, 0.1) is 0 Å². The number of carbonyl (C=O) groups excluding carboxylic acids is 1. The van der Waals surface area contributed by atoms with Crippen molar-refractivity contribution in [2.75, 3.05) is 0 Å². The maximum atomic E-state index is 12.5. The van der Waals surface area contributed by atoms with E-state index < -0.39 is 0 Å². The Balaban J connectivity index is 1.81. The van der Waals surface area contributed by atoms with Crippen molar-refractivity contribution >= 4 is 5.91 Å². The standard InChI is InChI=1S/C18H17N3O/c1-13(14-8-4-2-5-9-14)20-18(22)16-12-19-21-17(16)15-10-6-3-7-11-15/h2-13H,1H3,(H,19,21)(H,20,22). The van der Waals surface area contributed by atoms with E-state index in [1.807, 2.05) is 67.6 Å². The summed E-state index contributed by atoms with van der Waals surface area (Å²) in [5.41, 5.74) is 3.30. The molecule has 0 spiro atoms. The number of hydrogen-bond donors (Lipinski definition) is 2. The van der Waals surface area contributed by atoms with Gasteiger partial charge in [0.15, 0.2) is 0 Å². The molecule has 1 aromatic heterocycles. The molecule has 0 bridgehead atoms. The second-order valence-corrected chi connectivity index (χ2v) is 5.13. The first-order valence-corrected chi connectivity index (χ1v) is 7.20. The molecule has 0 aliphatic heterocycles. The van der Waals surface area contributed by atoms with Crippen LogP contribution in [0.25, 0.3) is 11.3 Å². The van der Waals surface area contributed by atoms with Crippen molar-refractivity contribution in [1.29, 1.82) is 0 Å². The van der Waals surface area contributed by atoms with Gasteiger partial charge in [0.05, 0.1) is 23.5 Å². The zero-order chi connectivity index (χ0) is 15.4. The largest absolute Gasteiger partial charge is 0.345 e. The van der Waals surface area contributed by atoms with Gasteiger partial charge in [0, 0.05) is 5.56 Å². The van der Waals surface area contributed by atoms with Gasteiger partial charge in [0.2, 0.25) is 0 Å². The number of rotatable bonds is 4. The highest BCUT2D eigenvalue weighted by molar-refractivity contribution is 5.99. The topological polar surface area (TPSA) is 57.8 Å². The molecule has 3 aromatic rings. The number of nitrogens with one attached hydrogen (secondary N) is 2. The van der Waals surface area contributed by atoms with Crippen LogP contribution in [0.15, 0.2) is 66.9 Å². The van der Waals surface area contributed by atoms with Crippen molar-refractivity contribution in [3.05, 3.63) is 78.0 Å². The molecule has 1 heterocycles. The van der Waals surface area contributed by atoms with Gasteiger partial charge in [-0.05, 0) is 12.5 Å². The molecule has 2 aromatic carbocycles. The summed E-state index contributed by atoms with van der Waals surface area (Å²) in [6.45, 7) is 1.97. The Morgan fingerprint density at radius 2 is 1.68 bits per heavy atom. The van der Waals surface area contributed by atoms with Crippen LogP contribution in [0.5, 0.6) is 0 Å². The zero-order valence-corrected chi connectivity index (χ0v) is 12.3. The lowest BCUT2D eigenvalue weighted by Gasteiger charge is -2.14. The number of amides is 1. The minimum atomic E-state index is -0.135. The molecule has 4 heteroatoms. The summed E-state index contributed by atoms with van der Waals surface area (Å²) in [7, 11) is 0. The van der Waals surface area contributed by atoms with Gasteiger partial charge >= 0.3 is 0 Å². The van der Waals surface area contributed by atoms with E-state index in [0.29, 0.717) is 5.56 Å². The molecule has 1 unspecified atom stereocenters. The summed E-state index contributed by atoms with van der Waals surface area (Å²) < 4.78 is 0. The van der Waals surface area contributed by atoms with Crippen molar-refractivity contribution < 1.29 is 4.79 Å². The fourth-order valence-electron chi connectivity index (χ4n) is 2.38. The molecule has 4 nitrogen and oxygen atoms in total. The van der Waals surface area contributed by atoms with Gasteiger partial charge in [-0.3, -0.25) is 9.89 Å². The highest BCUT2D eigenvalue weighted by atomic mass is 16.1. The van der Waals surface area contributed by atoms with Crippen LogP contribution in [0.1, 0.15) is 28.9 Å². The average Bonchev–Trinajstić information content (AvgIpc) is 3.06. The molecule has 2 N–H and O–H groups in total. The Bertz CT molecular complexity index is 750. The molecule has 0 fully saturated rings. The maximum Gasteiger partial charge on any atom is 0.255 e. The molecule has 0 aliphatic rings. The summed E-state index contributed by atoms with van der Waals surface area (Å²) in [6, 6.07) is 19.5. The Morgan fingerprint density at radius 1 is 1.05 bits per heavy atom. The third-order valence-corrected chi connectivity index (χ3v) is 3.59. The van der Waals surface area contributed by atoms with Crippen LogP contribution in [0.2, 0.25) is 0 Å². The smallest absolute Gasteiger partial charge is 0.255 e. The SMILES string of the molecule is CC(NC(=O)c1cn[nH]c1-c1ccccc1)c1ccccc1. The molecule has 22 heavy (non-hydrogen) atoms. The van der Waals surface area contributed by atoms with Gasteiger partial charge in [-0.15, -0.1) is 0 Å². The lowest BCUT2D eigenvalue weighted by molar-refractivity contribution is 0.0940. The van der Waals surface area contributed by atoms with Crippen molar-refractivity contribution in [2.24, 2.45) is 0 Å². The first kappa shape index (κ1) is 14.1. The van der Waals surface area contributed by atoms with E-state index in [1.165, 1.54) is 0 Å². The summed E-state index contributed by atoms with van der Waals surface area (Å²) in [5.74, 6) is -0.135. The first-order chi connectivity index (χ1) is 10.8. The van der Waals surface area contributed by atoms with Gasteiger partial charge in [-0.25, -0.2) is 0 Å². The number of H-pyrrole nitrogens is 1.